The van der Waals surface area contributed by atoms with Crippen LogP contribution in [0.4, 0.5) is 0 Å². The summed E-state index contributed by atoms with van der Waals surface area (Å²) in [6.07, 6.45) is 4.87. The van der Waals surface area contributed by atoms with Crippen LogP contribution < -0.4 is 0 Å². The second kappa shape index (κ2) is 5.95. The molecule has 1 atom stereocenters. The summed E-state index contributed by atoms with van der Waals surface area (Å²) in [6, 6.07) is 5.62. The summed E-state index contributed by atoms with van der Waals surface area (Å²) in [5.74, 6) is 1.38. The molecule has 0 amide bonds. The minimum absolute atomic E-state index is 0.428. The van der Waals surface area contributed by atoms with Gasteiger partial charge < -0.3 is 4.42 Å². The van der Waals surface area contributed by atoms with Crippen molar-refractivity contribution in [2.24, 2.45) is 0 Å². The third kappa shape index (κ3) is 2.84. The van der Waals surface area contributed by atoms with E-state index in [2.05, 4.69) is 21.9 Å². The maximum Gasteiger partial charge on any atom is 0.249 e. The molecule has 0 aliphatic heterocycles. The van der Waals surface area contributed by atoms with E-state index < -0.39 is 10.8 Å². The molecule has 5 nitrogen and oxygen atoms in total. The van der Waals surface area contributed by atoms with Crippen molar-refractivity contribution in [2.45, 2.75) is 16.7 Å². The quantitative estimate of drug-likeness (QED) is 0.688. The van der Waals surface area contributed by atoms with Crippen LogP contribution in [0.3, 0.4) is 0 Å². The normalized spacial score (nSPS) is 12.7. The largest absolute Gasteiger partial charge is 0.416 e. The lowest BCUT2D eigenvalue weighted by atomic mass is 10.3. The maximum atomic E-state index is 11.5. The lowest BCUT2D eigenvalue weighted by molar-refractivity contribution is 0.602. The van der Waals surface area contributed by atoms with Crippen molar-refractivity contribution < 1.29 is 8.63 Å². The number of fused-ring (bicyclic) bond motifs is 1. The number of pyridine rings is 2. The summed E-state index contributed by atoms with van der Waals surface area (Å²) in [6.45, 7) is 2.08. The van der Waals surface area contributed by atoms with Gasteiger partial charge in [-0.05, 0) is 24.0 Å². The molecular formula is C14H13N3O2S2. The molecule has 0 bridgehead atoms. The Kier molecular flexibility index (Phi) is 4.03. The van der Waals surface area contributed by atoms with Crippen molar-refractivity contribution in [1.82, 2.24) is 15.0 Å². The Morgan fingerprint density at radius 3 is 3.00 bits per heavy atom. The third-order valence-electron chi connectivity index (χ3n) is 2.83. The molecule has 0 fully saturated rings. The van der Waals surface area contributed by atoms with Crippen molar-refractivity contribution in [3.63, 3.8) is 0 Å². The second-order valence-electron chi connectivity index (χ2n) is 4.25. The predicted molar refractivity (Wildman–Crippen MR) is 83.8 cm³/mol. The zero-order valence-corrected chi connectivity index (χ0v) is 13.2. The number of oxazole rings is 1. The highest BCUT2D eigenvalue weighted by Crippen LogP contribution is 2.30. The van der Waals surface area contributed by atoms with Gasteiger partial charge in [0.05, 0.1) is 15.7 Å². The summed E-state index contributed by atoms with van der Waals surface area (Å²) >= 11 is 1.68. The first-order valence-corrected chi connectivity index (χ1v) is 8.91. The van der Waals surface area contributed by atoms with Gasteiger partial charge in [0.25, 0.3) is 0 Å². The van der Waals surface area contributed by atoms with Gasteiger partial charge >= 0.3 is 0 Å². The molecule has 3 aromatic rings. The van der Waals surface area contributed by atoms with Crippen LogP contribution in [0.15, 0.2) is 44.8 Å². The topological polar surface area (TPSA) is 68.9 Å². The zero-order valence-electron chi connectivity index (χ0n) is 11.6. The average Bonchev–Trinajstić information content (AvgIpc) is 2.90. The molecular weight excluding hydrogens is 306 g/mol. The fourth-order valence-electron chi connectivity index (χ4n) is 1.89. The minimum atomic E-state index is -1.09. The second-order valence-corrected chi connectivity index (χ2v) is 6.94. The van der Waals surface area contributed by atoms with Crippen LogP contribution in [0, 0.1) is 0 Å². The van der Waals surface area contributed by atoms with Crippen molar-refractivity contribution in [3.05, 3.63) is 30.6 Å². The number of nitrogens with zero attached hydrogens (tertiary/aromatic N) is 3. The molecule has 0 saturated heterocycles. The molecule has 7 heteroatoms. The van der Waals surface area contributed by atoms with Crippen LogP contribution in [0.5, 0.6) is 0 Å². The fourth-order valence-corrected chi connectivity index (χ4v) is 3.13. The van der Waals surface area contributed by atoms with Crippen LogP contribution in [0.25, 0.3) is 22.8 Å². The van der Waals surface area contributed by atoms with E-state index in [1.54, 1.807) is 36.5 Å². The molecule has 0 N–H and O–H groups in total. The van der Waals surface area contributed by atoms with Gasteiger partial charge in [0, 0.05) is 23.5 Å². The first kappa shape index (κ1) is 14.2. The summed E-state index contributed by atoms with van der Waals surface area (Å²) in [4.78, 5) is 14.6. The Bertz CT molecular complexity index is 817. The molecule has 0 radical (unpaired) electrons. The van der Waals surface area contributed by atoms with E-state index in [9.17, 15) is 4.21 Å². The van der Waals surface area contributed by atoms with Crippen LogP contribution in [0.1, 0.15) is 6.92 Å². The van der Waals surface area contributed by atoms with Gasteiger partial charge in [-0.15, -0.1) is 11.8 Å². The highest BCUT2D eigenvalue weighted by molar-refractivity contribution is 7.99. The smallest absolute Gasteiger partial charge is 0.249 e. The van der Waals surface area contributed by atoms with E-state index in [0.717, 1.165) is 10.6 Å². The van der Waals surface area contributed by atoms with Gasteiger partial charge in [-0.25, -0.2) is 15.0 Å². The van der Waals surface area contributed by atoms with E-state index in [1.165, 1.54) is 0 Å². The lowest BCUT2D eigenvalue weighted by Crippen LogP contribution is -1.88. The summed E-state index contributed by atoms with van der Waals surface area (Å²) in [5, 5.41) is 0. The van der Waals surface area contributed by atoms with Gasteiger partial charge in [0.2, 0.25) is 11.6 Å². The summed E-state index contributed by atoms with van der Waals surface area (Å²) in [7, 11) is -1.09. The summed E-state index contributed by atoms with van der Waals surface area (Å²) < 4.78 is 17.2. The Labute approximate surface area is 128 Å². The monoisotopic (exact) mass is 319 g/mol. The first-order valence-electron chi connectivity index (χ1n) is 6.37. The highest BCUT2D eigenvalue weighted by Gasteiger charge is 2.15. The van der Waals surface area contributed by atoms with E-state index in [4.69, 9.17) is 4.42 Å². The van der Waals surface area contributed by atoms with Gasteiger partial charge in [0.1, 0.15) is 11.2 Å². The molecule has 0 aliphatic rings. The molecule has 0 aromatic carbocycles. The van der Waals surface area contributed by atoms with E-state index >= 15 is 0 Å². The average molecular weight is 319 g/mol. The molecule has 3 aromatic heterocycles. The molecule has 0 saturated carbocycles. The maximum absolute atomic E-state index is 11.5. The Morgan fingerprint density at radius 1 is 1.38 bits per heavy atom. The van der Waals surface area contributed by atoms with Gasteiger partial charge in [-0.2, -0.15) is 0 Å². The van der Waals surface area contributed by atoms with Crippen LogP contribution >= 0.6 is 11.8 Å². The third-order valence-corrected chi connectivity index (χ3v) is 4.64. The zero-order chi connectivity index (χ0) is 14.8. The Balaban J connectivity index is 2.11. The van der Waals surface area contributed by atoms with E-state index in [1.807, 2.05) is 12.1 Å². The SMILES string of the molecule is CCSc1cccnc1-c1nc2cc(S(C)=O)cnc2o1. The number of aromatic nitrogens is 3. The predicted octanol–water partition coefficient (Wildman–Crippen LogP) is 3.13. The first-order chi connectivity index (χ1) is 10.2. The Morgan fingerprint density at radius 2 is 2.24 bits per heavy atom. The minimum Gasteiger partial charge on any atom is -0.416 e. The van der Waals surface area contributed by atoms with Crippen molar-refractivity contribution in [1.29, 1.82) is 0 Å². The molecule has 3 heterocycles. The standard InChI is InChI=1S/C14H13N3O2S2/c1-3-20-11-5-4-6-15-12(11)14-17-10-7-9(21(2)18)8-16-13(10)19-14/h4-8H,3H2,1-2H3. The van der Waals surface area contributed by atoms with Crippen LogP contribution in [-0.2, 0) is 10.8 Å². The molecule has 0 spiro atoms. The van der Waals surface area contributed by atoms with Crippen LogP contribution in [0.2, 0.25) is 0 Å². The van der Waals surface area contributed by atoms with Gasteiger partial charge in [0.15, 0.2) is 0 Å². The highest BCUT2D eigenvalue weighted by atomic mass is 32.2. The van der Waals surface area contributed by atoms with Gasteiger partial charge in [-0.1, -0.05) is 6.92 Å². The molecule has 3 rings (SSSR count). The lowest BCUT2D eigenvalue weighted by Gasteiger charge is -2.02. The van der Waals surface area contributed by atoms with E-state index in [-0.39, 0.29) is 0 Å². The van der Waals surface area contributed by atoms with Crippen LogP contribution in [-0.4, -0.2) is 31.2 Å². The van der Waals surface area contributed by atoms with Crippen molar-refractivity contribution >= 4 is 33.8 Å². The number of thioether (sulfide) groups is 1. The van der Waals surface area contributed by atoms with Crippen molar-refractivity contribution in [3.8, 4) is 11.6 Å². The molecule has 21 heavy (non-hydrogen) atoms. The van der Waals surface area contributed by atoms with E-state index in [0.29, 0.717) is 27.7 Å². The number of hydrogen-bond donors (Lipinski definition) is 0. The van der Waals surface area contributed by atoms with Gasteiger partial charge in [-0.3, -0.25) is 4.21 Å². The molecule has 0 aliphatic carbocycles. The fraction of sp³-hybridized carbons (Fsp3) is 0.214. The molecule has 108 valence electrons. The summed E-state index contributed by atoms with van der Waals surface area (Å²) in [5.41, 5.74) is 1.73. The molecule has 1 unspecified atom stereocenters. The number of hydrogen-bond acceptors (Lipinski definition) is 6. The van der Waals surface area contributed by atoms with Crippen molar-refractivity contribution in [2.75, 3.05) is 12.0 Å². The Hall–Kier alpha value is -1.73. The number of rotatable bonds is 4.